The molecule has 18 heavy (non-hydrogen) atoms. The van der Waals surface area contributed by atoms with Crippen LogP contribution in [-0.2, 0) is 0 Å². The largest absolute Gasteiger partial charge is 0.488 e. The summed E-state index contributed by atoms with van der Waals surface area (Å²) in [6.45, 7) is 4.98. The molecule has 1 N–H and O–H groups in total. The molecule has 3 heteroatoms. The van der Waals surface area contributed by atoms with Gasteiger partial charge < -0.3 is 10.1 Å². The van der Waals surface area contributed by atoms with Crippen LogP contribution >= 0.6 is 0 Å². The van der Waals surface area contributed by atoms with Gasteiger partial charge in [0.05, 0.1) is 6.10 Å². The van der Waals surface area contributed by atoms with Crippen LogP contribution in [0.4, 0.5) is 4.39 Å². The standard InChI is InChI=1S/C15H22FNO/c1-11-5-8-14(16)15(10-11)18-12(2)4-3-9-17-13-6-7-13/h5,8,10,12-13,17H,3-4,6-7,9H2,1-2H3. The Hall–Kier alpha value is -1.09. The molecule has 0 heterocycles. The number of aryl methyl sites for hydroxylation is 1. The van der Waals surface area contributed by atoms with E-state index >= 15 is 0 Å². The van der Waals surface area contributed by atoms with Gasteiger partial charge in [-0.1, -0.05) is 6.07 Å². The molecule has 1 fully saturated rings. The highest BCUT2D eigenvalue weighted by Gasteiger charge is 2.19. The van der Waals surface area contributed by atoms with E-state index < -0.39 is 0 Å². The lowest BCUT2D eigenvalue weighted by Crippen LogP contribution is -2.20. The van der Waals surface area contributed by atoms with Crippen molar-refractivity contribution in [1.29, 1.82) is 0 Å². The molecule has 1 aromatic rings. The minimum Gasteiger partial charge on any atom is -0.488 e. The normalized spacial score (nSPS) is 16.6. The predicted molar refractivity (Wildman–Crippen MR) is 71.5 cm³/mol. The van der Waals surface area contributed by atoms with Gasteiger partial charge >= 0.3 is 0 Å². The molecular formula is C15H22FNO. The van der Waals surface area contributed by atoms with E-state index in [9.17, 15) is 4.39 Å². The van der Waals surface area contributed by atoms with E-state index in [2.05, 4.69) is 5.32 Å². The van der Waals surface area contributed by atoms with Crippen LogP contribution in [0.5, 0.6) is 5.75 Å². The highest BCUT2D eigenvalue weighted by molar-refractivity contribution is 5.29. The molecule has 0 spiro atoms. The molecule has 2 rings (SSSR count). The summed E-state index contributed by atoms with van der Waals surface area (Å²) < 4.78 is 19.1. The van der Waals surface area contributed by atoms with Crippen LogP contribution in [0.25, 0.3) is 0 Å². The third kappa shape index (κ3) is 4.30. The van der Waals surface area contributed by atoms with Crippen LogP contribution in [0, 0.1) is 12.7 Å². The van der Waals surface area contributed by atoms with Crippen LogP contribution in [0.1, 0.15) is 38.2 Å². The zero-order valence-electron chi connectivity index (χ0n) is 11.2. The maximum absolute atomic E-state index is 13.5. The van der Waals surface area contributed by atoms with Crippen molar-refractivity contribution < 1.29 is 9.13 Å². The number of hydrogen-bond donors (Lipinski definition) is 1. The van der Waals surface area contributed by atoms with Crippen LogP contribution in [0.3, 0.4) is 0 Å². The predicted octanol–water partition coefficient (Wildman–Crippen LogP) is 3.43. The van der Waals surface area contributed by atoms with Gasteiger partial charge in [0.25, 0.3) is 0 Å². The molecule has 0 bridgehead atoms. The lowest BCUT2D eigenvalue weighted by Gasteiger charge is -2.15. The second kappa shape index (κ2) is 6.19. The van der Waals surface area contributed by atoms with E-state index in [0.29, 0.717) is 5.75 Å². The SMILES string of the molecule is Cc1ccc(F)c(OC(C)CCCNC2CC2)c1. The van der Waals surface area contributed by atoms with Gasteiger partial charge in [-0.3, -0.25) is 0 Å². The van der Waals surface area contributed by atoms with E-state index in [0.717, 1.165) is 31.0 Å². The third-order valence-corrected chi connectivity index (χ3v) is 3.21. The molecule has 1 aliphatic rings. The van der Waals surface area contributed by atoms with Crippen LogP contribution in [0.15, 0.2) is 18.2 Å². The van der Waals surface area contributed by atoms with E-state index in [1.807, 2.05) is 13.8 Å². The quantitative estimate of drug-likeness (QED) is 0.750. The van der Waals surface area contributed by atoms with Crippen LogP contribution < -0.4 is 10.1 Å². The minimum atomic E-state index is -0.274. The fourth-order valence-electron chi connectivity index (χ4n) is 1.96. The van der Waals surface area contributed by atoms with Crippen molar-refractivity contribution in [1.82, 2.24) is 5.32 Å². The Balaban J connectivity index is 1.71. The second-order valence-corrected chi connectivity index (χ2v) is 5.23. The van der Waals surface area contributed by atoms with Crippen molar-refractivity contribution in [2.75, 3.05) is 6.54 Å². The summed E-state index contributed by atoms with van der Waals surface area (Å²) >= 11 is 0. The summed E-state index contributed by atoms with van der Waals surface area (Å²) in [6, 6.07) is 5.74. The number of benzene rings is 1. The second-order valence-electron chi connectivity index (χ2n) is 5.23. The monoisotopic (exact) mass is 251 g/mol. The molecule has 0 amide bonds. The number of halogens is 1. The maximum atomic E-state index is 13.5. The van der Waals surface area contributed by atoms with Gasteiger partial charge in [-0.25, -0.2) is 4.39 Å². The Morgan fingerprint density at radius 3 is 2.94 bits per heavy atom. The van der Waals surface area contributed by atoms with Crippen molar-refractivity contribution in [3.8, 4) is 5.75 Å². The summed E-state index contributed by atoms with van der Waals surface area (Å²) in [5.41, 5.74) is 1.02. The molecule has 0 saturated heterocycles. The average molecular weight is 251 g/mol. The van der Waals surface area contributed by atoms with Crippen molar-refractivity contribution in [3.05, 3.63) is 29.6 Å². The molecule has 0 aliphatic heterocycles. The van der Waals surface area contributed by atoms with Crippen molar-refractivity contribution >= 4 is 0 Å². The maximum Gasteiger partial charge on any atom is 0.165 e. The molecule has 1 atom stereocenters. The average Bonchev–Trinajstić information content (AvgIpc) is 3.13. The lowest BCUT2D eigenvalue weighted by atomic mass is 10.2. The molecule has 2 nitrogen and oxygen atoms in total. The first-order chi connectivity index (χ1) is 8.65. The fourth-order valence-corrected chi connectivity index (χ4v) is 1.96. The van der Waals surface area contributed by atoms with Crippen molar-refractivity contribution in [2.24, 2.45) is 0 Å². The molecule has 1 saturated carbocycles. The number of nitrogens with one attached hydrogen (secondary N) is 1. The molecule has 100 valence electrons. The van der Waals surface area contributed by atoms with Crippen molar-refractivity contribution in [3.63, 3.8) is 0 Å². The summed E-state index contributed by atoms with van der Waals surface area (Å²) in [4.78, 5) is 0. The minimum absolute atomic E-state index is 0.0577. The number of ether oxygens (including phenoxy) is 1. The molecule has 0 radical (unpaired) electrons. The highest BCUT2D eigenvalue weighted by Crippen LogP contribution is 2.21. The van der Waals surface area contributed by atoms with Gasteiger partial charge in [0.1, 0.15) is 0 Å². The summed E-state index contributed by atoms with van der Waals surface area (Å²) in [5.74, 6) is 0.0983. The van der Waals surface area contributed by atoms with E-state index in [-0.39, 0.29) is 11.9 Å². The zero-order chi connectivity index (χ0) is 13.0. The van der Waals surface area contributed by atoms with E-state index in [1.165, 1.54) is 18.9 Å². The van der Waals surface area contributed by atoms with Gasteiger partial charge in [-0.2, -0.15) is 0 Å². The summed E-state index contributed by atoms with van der Waals surface area (Å²) in [5, 5.41) is 3.47. The Morgan fingerprint density at radius 1 is 1.44 bits per heavy atom. The third-order valence-electron chi connectivity index (χ3n) is 3.21. The smallest absolute Gasteiger partial charge is 0.165 e. The van der Waals surface area contributed by atoms with Crippen LogP contribution in [-0.4, -0.2) is 18.7 Å². The summed E-state index contributed by atoms with van der Waals surface area (Å²) in [7, 11) is 0. The topological polar surface area (TPSA) is 21.3 Å². The van der Waals surface area contributed by atoms with Gasteiger partial charge in [-0.15, -0.1) is 0 Å². The first kappa shape index (κ1) is 13.3. The fraction of sp³-hybridized carbons (Fsp3) is 0.600. The molecule has 1 aliphatic carbocycles. The van der Waals surface area contributed by atoms with E-state index in [4.69, 9.17) is 4.74 Å². The van der Waals surface area contributed by atoms with Crippen molar-refractivity contribution in [2.45, 2.75) is 51.7 Å². The molecular weight excluding hydrogens is 229 g/mol. The number of hydrogen-bond acceptors (Lipinski definition) is 2. The van der Waals surface area contributed by atoms with Gasteiger partial charge in [0, 0.05) is 6.04 Å². The first-order valence-corrected chi connectivity index (χ1v) is 6.81. The Kier molecular flexibility index (Phi) is 4.59. The Morgan fingerprint density at radius 2 is 2.22 bits per heavy atom. The van der Waals surface area contributed by atoms with Crippen LogP contribution in [0.2, 0.25) is 0 Å². The Bertz CT molecular complexity index is 390. The van der Waals surface area contributed by atoms with Gasteiger partial charge in [-0.05, 0) is 63.8 Å². The van der Waals surface area contributed by atoms with Gasteiger partial charge in [0.2, 0.25) is 0 Å². The zero-order valence-corrected chi connectivity index (χ0v) is 11.2. The highest BCUT2D eigenvalue weighted by atomic mass is 19.1. The lowest BCUT2D eigenvalue weighted by molar-refractivity contribution is 0.198. The summed E-state index contributed by atoms with van der Waals surface area (Å²) in [6.07, 6.45) is 4.72. The van der Waals surface area contributed by atoms with Gasteiger partial charge in [0.15, 0.2) is 11.6 Å². The first-order valence-electron chi connectivity index (χ1n) is 6.81. The molecule has 1 unspecified atom stereocenters. The molecule has 0 aromatic heterocycles. The number of rotatable bonds is 7. The molecule has 1 aromatic carbocycles. The van der Waals surface area contributed by atoms with E-state index in [1.54, 1.807) is 12.1 Å². The Labute approximate surface area is 109 Å².